The molecule has 30 heavy (non-hydrogen) atoms. The number of nitrogens with one attached hydrogen (secondary N) is 1. The van der Waals surface area contributed by atoms with Gasteiger partial charge in [-0.1, -0.05) is 6.42 Å². The van der Waals surface area contributed by atoms with Crippen LogP contribution in [0.3, 0.4) is 0 Å². The molecule has 1 fully saturated rings. The molecular weight excluding hydrogens is 378 g/mol. The van der Waals surface area contributed by atoms with Crippen LogP contribution >= 0.6 is 0 Å². The van der Waals surface area contributed by atoms with Gasteiger partial charge in [-0.2, -0.15) is 0 Å². The molecule has 3 aromatic heterocycles. The molecule has 8 heteroatoms. The molecule has 0 bridgehead atoms. The lowest BCUT2D eigenvalue weighted by atomic mass is 9.97. The van der Waals surface area contributed by atoms with Crippen molar-refractivity contribution in [3.8, 4) is 0 Å². The first-order chi connectivity index (χ1) is 14.7. The summed E-state index contributed by atoms with van der Waals surface area (Å²) in [6, 6.07) is 3.81. The van der Waals surface area contributed by atoms with Crippen LogP contribution in [0, 0.1) is 12.8 Å². The number of nitrogens with zero attached hydrogens (tertiary/aromatic N) is 6. The molecule has 0 aliphatic carbocycles. The summed E-state index contributed by atoms with van der Waals surface area (Å²) in [6.45, 7) is 4.47. The average molecular weight is 406 g/mol. The van der Waals surface area contributed by atoms with Gasteiger partial charge >= 0.3 is 0 Å². The number of amides is 1. The molecule has 156 valence electrons. The number of rotatable bonds is 3. The third-order valence-corrected chi connectivity index (χ3v) is 6.13. The average Bonchev–Trinajstić information content (AvgIpc) is 2.95. The summed E-state index contributed by atoms with van der Waals surface area (Å²) < 4.78 is 2.26. The van der Waals surface area contributed by atoms with Gasteiger partial charge in [0.1, 0.15) is 18.0 Å². The third kappa shape index (κ3) is 3.62. The summed E-state index contributed by atoms with van der Waals surface area (Å²) in [5, 5.41) is 2.98. The quantitative estimate of drug-likeness (QED) is 0.720. The van der Waals surface area contributed by atoms with E-state index in [1.807, 2.05) is 19.1 Å². The van der Waals surface area contributed by atoms with Crippen LogP contribution in [0.25, 0.3) is 11.2 Å². The van der Waals surface area contributed by atoms with Crippen LogP contribution in [-0.2, 0) is 17.8 Å². The van der Waals surface area contributed by atoms with Crippen LogP contribution in [0.4, 0.5) is 11.6 Å². The summed E-state index contributed by atoms with van der Waals surface area (Å²) in [5.74, 6) is 2.49. The Hall–Kier alpha value is -3.03. The molecule has 3 aromatic rings. The number of hydrogen-bond acceptors (Lipinski definition) is 6. The standard InChI is InChI=1S/C22H27N7O/c1-15-8-9-23-17(12-15)26-22(30)16-6-5-10-28(13-16)20-19-21(25-14-24-20)29-11-4-2-3-7-18(29)27-19/h8-9,12,14,16H,2-7,10-11,13H2,1H3,(H,23,26,30)/t16-/m0/s1. The van der Waals surface area contributed by atoms with E-state index in [4.69, 9.17) is 4.98 Å². The maximum atomic E-state index is 12.9. The molecule has 0 radical (unpaired) electrons. The third-order valence-electron chi connectivity index (χ3n) is 6.13. The van der Waals surface area contributed by atoms with Gasteiger partial charge in [-0.25, -0.2) is 19.9 Å². The van der Waals surface area contributed by atoms with Gasteiger partial charge in [0.05, 0.1) is 5.92 Å². The lowest BCUT2D eigenvalue weighted by molar-refractivity contribution is -0.120. The van der Waals surface area contributed by atoms with Gasteiger partial charge in [-0.3, -0.25) is 4.79 Å². The van der Waals surface area contributed by atoms with E-state index < -0.39 is 0 Å². The van der Waals surface area contributed by atoms with Crippen molar-refractivity contribution in [2.24, 2.45) is 5.92 Å². The molecule has 5 heterocycles. The van der Waals surface area contributed by atoms with Gasteiger partial charge in [0.25, 0.3) is 0 Å². The molecule has 1 atom stereocenters. The number of pyridine rings is 1. The maximum absolute atomic E-state index is 12.9. The lowest BCUT2D eigenvalue weighted by Crippen LogP contribution is -2.41. The van der Waals surface area contributed by atoms with Gasteiger partial charge < -0.3 is 14.8 Å². The summed E-state index contributed by atoms with van der Waals surface area (Å²) in [7, 11) is 0. The topological polar surface area (TPSA) is 88.8 Å². The highest BCUT2D eigenvalue weighted by Gasteiger charge is 2.29. The predicted molar refractivity (Wildman–Crippen MR) is 115 cm³/mol. The van der Waals surface area contributed by atoms with E-state index in [1.165, 1.54) is 12.8 Å². The Balaban J connectivity index is 1.38. The summed E-state index contributed by atoms with van der Waals surface area (Å²) in [5.41, 5.74) is 2.87. The highest BCUT2D eigenvalue weighted by Crippen LogP contribution is 2.29. The molecule has 0 aromatic carbocycles. The number of piperidine rings is 1. The van der Waals surface area contributed by atoms with E-state index in [-0.39, 0.29) is 11.8 Å². The van der Waals surface area contributed by atoms with Gasteiger partial charge in [-0.15, -0.1) is 0 Å². The first-order valence-electron chi connectivity index (χ1n) is 10.9. The van der Waals surface area contributed by atoms with E-state index in [9.17, 15) is 4.79 Å². The van der Waals surface area contributed by atoms with Crippen LogP contribution in [0.1, 0.15) is 43.5 Å². The SMILES string of the molecule is Cc1ccnc(NC(=O)[C@H]2CCCN(c3ncnc4c3nc3n4CCCCC3)C2)c1. The maximum Gasteiger partial charge on any atom is 0.230 e. The van der Waals surface area contributed by atoms with E-state index in [1.54, 1.807) is 12.5 Å². The van der Waals surface area contributed by atoms with Crippen molar-refractivity contribution in [1.29, 1.82) is 0 Å². The Morgan fingerprint density at radius 1 is 1.13 bits per heavy atom. The Labute approximate surface area is 175 Å². The second-order valence-electron chi connectivity index (χ2n) is 8.35. The molecule has 0 spiro atoms. The molecule has 0 saturated carbocycles. The number of aryl methyl sites for hydroxylation is 3. The minimum Gasteiger partial charge on any atom is -0.354 e. The fourth-order valence-corrected chi connectivity index (χ4v) is 4.57. The van der Waals surface area contributed by atoms with Crippen molar-refractivity contribution < 1.29 is 4.79 Å². The Morgan fingerprint density at radius 3 is 2.97 bits per heavy atom. The van der Waals surface area contributed by atoms with Crippen LogP contribution in [0.5, 0.6) is 0 Å². The molecule has 8 nitrogen and oxygen atoms in total. The number of imidazole rings is 1. The highest BCUT2D eigenvalue weighted by molar-refractivity contribution is 5.92. The van der Waals surface area contributed by atoms with Crippen molar-refractivity contribution in [3.63, 3.8) is 0 Å². The molecule has 1 saturated heterocycles. The second-order valence-corrected chi connectivity index (χ2v) is 8.35. The molecule has 2 aliphatic rings. The number of hydrogen-bond donors (Lipinski definition) is 1. The monoisotopic (exact) mass is 405 g/mol. The lowest BCUT2D eigenvalue weighted by Gasteiger charge is -2.32. The van der Waals surface area contributed by atoms with Gasteiger partial charge in [0.2, 0.25) is 5.91 Å². The second kappa shape index (κ2) is 8.01. The molecule has 0 unspecified atom stereocenters. The zero-order chi connectivity index (χ0) is 20.5. The van der Waals surface area contributed by atoms with E-state index in [0.717, 1.165) is 67.1 Å². The summed E-state index contributed by atoms with van der Waals surface area (Å²) in [4.78, 5) is 33.4. The zero-order valence-electron chi connectivity index (χ0n) is 17.3. The van der Waals surface area contributed by atoms with Crippen molar-refractivity contribution in [2.45, 2.75) is 52.0 Å². The van der Waals surface area contributed by atoms with Gasteiger partial charge in [-0.05, 0) is 50.3 Å². The van der Waals surface area contributed by atoms with E-state index >= 15 is 0 Å². The Morgan fingerprint density at radius 2 is 2.07 bits per heavy atom. The highest BCUT2D eigenvalue weighted by atomic mass is 16.2. The van der Waals surface area contributed by atoms with Crippen molar-refractivity contribution in [1.82, 2.24) is 24.5 Å². The number of anilines is 2. The fourth-order valence-electron chi connectivity index (χ4n) is 4.57. The number of aromatic nitrogens is 5. The number of carbonyl (C=O) groups excluding carboxylic acids is 1. The van der Waals surface area contributed by atoms with Crippen molar-refractivity contribution >= 4 is 28.7 Å². The zero-order valence-corrected chi connectivity index (χ0v) is 17.3. The van der Waals surface area contributed by atoms with Crippen LogP contribution < -0.4 is 10.2 Å². The van der Waals surface area contributed by atoms with Crippen LogP contribution in [0.2, 0.25) is 0 Å². The summed E-state index contributed by atoms with van der Waals surface area (Å²) >= 11 is 0. The molecule has 5 rings (SSSR count). The molecular formula is C22H27N7O. The van der Waals surface area contributed by atoms with Gasteiger partial charge in [0, 0.05) is 32.3 Å². The minimum absolute atomic E-state index is 0.0173. The first-order valence-corrected chi connectivity index (χ1v) is 10.9. The molecule has 1 amide bonds. The van der Waals surface area contributed by atoms with Crippen molar-refractivity contribution in [2.75, 3.05) is 23.3 Å². The smallest absolute Gasteiger partial charge is 0.230 e. The van der Waals surface area contributed by atoms with Crippen LogP contribution in [0.15, 0.2) is 24.7 Å². The predicted octanol–water partition coefficient (Wildman–Crippen LogP) is 3.11. The summed E-state index contributed by atoms with van der Waals surface area (Å²) in [6.07, 6.45) is 9.73. The fraction of sp³-hybridized carbons (Fsp3) is 0.500. The van der Waals surface area contributed by atoms with Crippen molar-refractivity contribution in [3.05, 3.63) is 36.0 Å². The first kappa shape index (κ1) is 19.0. The van der Waals surface area contributed by atoms with E-state index in [2.05, 4.69) is 29.7 Å². The van der Waals surface area contributed by atoms with Gasteiger partial charge in [0.15, 0.2) is 17.0 Å². The largest absolute Gasteiger partial charge is 0.354 e. The molecule has 1 N–H and O–H groups in total. The van der Waals surface area contributed by atoms with E-state index in [0.29, 0.717) is 12.4 Å². The normalized spacial score (nSPS) is 19.4. The van der Waals surface area contributed by atoms with Crippen LogP contribution in [-0.4, -0.2) is 43.5 Å². The Bertz CT molecular complexity index is 1080. The molecule has 2 aliphatic heterocycles. The number of fused-ring (bicyclic) bond motifs is 3. The minimum atomic E-state index is -0.105. The Kier molecular flexibility index (Phi) is 5.06. The number of carbonyl (C=O) groups is 1.